The topological polar surface area (TPSA) is 40.1 Å². The van der Waals surface area contributed by atoms with Crippen LogP contribution in [0.2, 0.25) is 0 Å². The van der Waals surface area contributed by atoms with Crippen LogP contribution in [0.4, 0.5) is 0 Å². The minimum Gasteiger partial charge on any atom is -0.550 e. The normalized spacial score (nSPS) is 10.8. The Labute approximate surface area is 196 Å². The monoisotopic (exact) mass is 459 g/mol. The number of carbonyl (C=O) groups excluding carboxylic acids is 1. The van der Waals surface area contributed by atoms with Crippen LogP contribution < -0.4 is 5.11 Å². The van der Waals surface area contributed by atoms with Crippen LogP contribution in [0.3, 0.4) is 0 Å². The Kier molecular flexibility index (Phi) is 30.3. The molecule has 0 bridgehead atoms. The third kappa shape index (κ3) is 30.4. The van der Waals surface area contributed by atoms with Crippen LogP contribution in [0, 0.1) is 0 Å². The Balaban J connectivity index is 0. The quantitative estimate of drug-likeness (QED) is 0.108. The molecule has 0 amide bonds. The van der Waals surface area contributed by atoms with Crippen LogP contribution in [0.5, 0.6) is 0 Å². The van der Waals surface area contributed by atoms with Crippen molar-refractivity contribution in [2.24, 2.45) is 0 Å². The van der Waals surface area contributed by atoms with Gasteiger partial charge in [-0.3, -0.25) is 0 Å². The molecule has 0 spiro atoms. The van der Waals surface area contributed by atoms with Gasteiger partial charge in [0.2, 0.25) is 0 Å². The number of hydrogen-bond donors (Lipinski definition) is 0. The summed E-state index contributed by atoms with van der Waals surface area (Å²) in [6.07, 6.45) is 31.7. The van der Waals surface area contributed by atoms with E-state index in [0.29, 0.717) is 0 Å². The van der Waals surface area contributed by atoms with Gasteiger partial charge in [-0.25, -0.2) is 0 Å². The number of unbranched alkanes of at least 4 members (excludes halogenated alkanes) is 22. The minimum atomic E-state index is -0.900. The number of carboxylic acid groups (broad SMARTS) is 1. The summed E-state index contributed by atoms with van der Waals surface area (Å²) >= 11 is 0. The molecule has 0 fully saturated rings. The van der Waals surface area contributed by atoms with E-state index in [9.17, 15) is 9.90 Å². The summed E-state index contributed by atoms with van der Waals surface area (Å²) in [4.78, 5) is 10.3. The molecule has 0 rings (SSSR count). The molecule has 0 heterocycles. The van der Waals surface area contributed by atoms with E-state index in [4.69, 9.17) is 0 Å². The second-order valence-electron chi connectivity index (χ2n) is 8.90. The fourth-order valence-electron chi connectivity index (χ4n) is 4.05. The zero-order valence-corrected chi connectivity index (χ0v) is 23.0. The molecule has 0 radical (unpaired) electrons. The van der Waals surface area contributed by atoms with Crippen LogP contribution in [-0.2, 0) is 24.3 Å². The van der Waals surface area contributed by atoms with Crippen molar-refractivity contribution in [3.8, 4) is 0 Å². The fourth-order valence-corrected chi connectivity index (χ4v) is 4.05. The Morgan fingerprint density at radius 1 is 0.448 bits per heavy atom. The van der Waals surface area contributed by atoms with Crippen molar-refractivity contribution in [1.29, 1.82) is 0 Å². The van der Waals surface area contributed by atoms with Crippen molar-refractivity contribution in [3.05, 3.63) is 0 Å². The average Bonchev–Trinajstić information content (AvgIpc) is 2.68. The van der Waals surface area contributed by atoms with Gasteiger partial charge in [0.25, 0.3) is 0 Å². The predicted molar refractivity (Wildman–Crippen MR) is 121 cm³/mol. The Bertz CT molecular complexity index is 307. The van der Waals surface area contributed by atoms with E-state index < -0.39 is 5.97 Å². The van der Waals surface area contributed by atoms with Crippen molar-refractivity contribution in [3.63, 3.8) is 0 Å². The van der Waals surface area contributed by atoms with Gasteiger partial charge in [0.1, 0.15) is 0 Å². The second-order valence-corrected chi connectivity index (χ2v) is 8.90. The van der Waals surface area contributed by atoms with Crippen molar-refractivity contribution in [2.45, 2.75) is 161 Å². The van der Waals surface area contributed by atoms with E-state index in [-0.39, 0.29) is 25.9 Å². The van der Waals surface area contributed by atoms with E-state index in [0.717, 1.165) is 12.8 Å². The van der Waals surface area contributed by atoms with Gasteiger partial charge in [-0.15, -0.1) is 0 Å². The van der Waals surface area contributed by atoms with Crippen LogP contribution in [0.15, 0.2) is 0 Å². The van der Waals surface area contributed by atoms with Gasteiger partial charge in [0, 0.05) is 5.97 Å². The molecule has 0 aliphatic heterocycles. The summed E-state index contributed by atoms with van der Waals surface area (Å²) in [7, 11) is 0. The molecule has 0 saturated heterocycles. The first-order chi connectivity index (χ1) is 13.8. The Morgan fingerprint density at radius 3 is 0.862 bits per heavy atom. The second kappa shape index (κ2) is 28.1. The maximum atomic E-state index is 10.3. The first kappa shape index (κ1) is 31.3. The van der Waals surface area contributed by atoms with Gasteiger partial charge in [0.05, 0.1) is 0 Å². The zero-order valence-electron chi connectivity index (χ0n) is 20.0. The van der Waals surface area contributed by atoms with Crippen molar-refractivity contribution in [2.75, 3.05) is 0 Å². The van der Waals surface area contributed by atoms with Crippen molar-refractivity contribution >= 4 is 5.97 Å². The molecule has 0 saturated carbocycles. The van der Waals surface area contributed by atoms with E-state index >= 15 is 0 Å². The van der Waals surface area contributed by atoms with Crippen LogP contribution >= 0.6 is 0 Å². The van der Waals surface area contributed by atoms with Gasteiger partial charge in [-0.2, -0.15) is 0 Å². The summed E-state index contributed by atoms with van der Waals surface area (Å²) in [6, 6.07) is 0. The molecular weight excluding hydrogens is 410 g/mol. The van der Waals surface area contributed by atoms with Gasteiger partial charge in [-0.1, -0.05) is 148 Å². The summed E-state index contributed by atoms with van der Waals surface area (Å²) in [5, 5.41) is 10.3. The molecule has 0 aromatic carbocycles. The Morgan fingerprint density at radius 2 is 0.655 bits per heavy atom. The molecule has 168 valence electrons. The van der Waals surface area contributed by atoms with Gasteiger partial charge in [0.15, 0.2) is 0 Å². The van der Waals surface area contributed by atoms with Crippen molar-refractivity contribution in [1.82, 2.24) is 0 Å². The number of aliphatic carboxylic acids is 1. The summed E-state index contributed by atoms with van der Waals surface area (Å²) in [6.45, 7) is 2.29. The molecular formula is C26H51O2Zn+. The summed E-state index contributed by atoms with van der Waals surface area (Å²) < 4.78 is 0. The standard InChI is InChI=1S/C26H52O2.Zn/c1-2-3-4-5-6-7-8-9-10-11-12-13-14-15-16-17-18-19-20-21-22-23-24-25-26(27)28;/h2-25H2,1H3,(H,27,28);/q;+2/p-1. The van der Waals surface area contributed by atoms with Crippen molar-refractivity contribution < 1.29 is 29.4 Å². The van der Waals surface area contributed by atoms with E-state index in [1.54, 1.807) is 0 Å². The number of carbonyl (C=O) groups is 1. The molecule has 3 heteroatoms. The maximum absolute atomic E-state index is 10.3. The zero-order chi connectivity index (χ0) is 20.5. The van der Waals surface area contributed by atoms with Gasteiger partial charge < -0.3 is 9.90 Å². The molecule has 0 N–H and O–H groups in total. The first-order valence-electron chi connectivity index (χ1n) is 13.0. The van der Waals surface area contributed by atoms with E-state index in [1.807, 2.05) is 0 Å². The third-order valence-corrected chi connectivity index (χ3v) is 5.98. The smallest absolute Gasteiger partial charge is 0.550 e. The summed E-state index contributed by atoms with van der Waals surface area (Å²) in [5.41, 5.74) is 0. The van der Waals surface area contributed by atoms with E-state index in [2.05, 4.69) is 6.92 Å². The number of hydrogen-bond acceptors (Lipinski definition) is 2. The SMILES string of the molecule is CCCCCCCCCCCCCCCCCCCCCCCCCC(=O)[O-].[Zn+2]. The molecule has 0 aliphatic rings. The van der Waals surface area contributed by atoms with Gasteiger partial charge >= 0.3 is 19.5 Å². The Hall–Kier alpha value is 0.0934. The van der Waals surface area contributed by atoms with E-state index in [1.165, 1.54) is 135 Å². The maximum Gasteiger partial charge on any atom is 2.00 e. The number of carboxylic acids is 1. The van der Waals surface area contributed by atoms with Crippen LogP contribution in [-0.4, -0.2) is 5.97 Å². The minimum absolute atomic E-state index is 0. The first-order valence-corrected chi connectivity index (χ1v) is 13.0. The number of rotatable bonds is 24. The molecule has 2 nitrogen and oxygen atoms in total. The largest absolute Gasteiger partial charge is 2.00 e. The third-order valence-electron chi connectivity index (χ3n) is 5.98. The molecule has 0 atom stereocenters. The fraction of sp³-hybridized carbons (Fsp3) is 0.962. The average molecular weight is 461 g/mol. The van der Waals surface area contributed by atoms with Gasteiger partial charge in [-0.05, 0) is 12.8 Å². The molecule has 0 unspecified atom stereocenters. The molecule has 0 aromatic rings. The molecule has 29 heavy (non-hydrogen) atoms. The van der Waals surface area contributed by atoms with Crippen LogP contribution in [0.1, 0.15) is 161 Å². The predicted octanol–water partition coefficient (Wildman–Crippen LogP) is 8.12. The van der Waals surface area contributed by atoms with Crippen LogP contribution in [0.25, 0.3) is 0 Å². The molecule has 0 aromatic heterocycles. The summed E-state index contributed by atoms with van der Waals surface area (Å²) in [5.74, 6) is -0.900. The molecule has 0 aliphatic carbocycles.